The van der Waals surface area contributed by atoms with Crippen LogP contribution in [0.2, 0.25) is 0 Å². The number of carbonyl (C=O) groups is 4. The van der Waals surface area contributed by atoms with E-state index in [9.17, 15) is 24.3 Å². The fraction of sp³-hybridized carbons (Fsp3) is 0.719. The van der Waals surface area contributed by atoms with E-state index in [1.807, 2.05) is 20.8 Å². The summed E-state index contributed by atoms with van der Waals surface area (Å²) in [5.41, 5.74) is -0.822. The molecule has 11 nitrogen and oxygen atoms in total. The van der Waals surface area contributed by atoms with Crippen LogP contribution in [0.1, 0.15) is 93.4 Å². The molecule has 0 aromatic carbocycles. The molecular weight excluding hydrogens is 552 g/mol. The summed E-state index contributed by atoms with van der Waals surface area (Å²) in [6.07, 6.45) is 6.36. The van der Waals surface area contributed by atoms with E-state index in [0.29, 0.717) is 56.9 Å². The van der Waals surface area contributed by atoms with Crippen LogP contribution in [-0.2, 0) is 23.9 Å². The van der Waals surface area contributed by atoms with E-state index in [1.165, 1.54) is 19.3 Å². The third kappa shape index (κ3) is 13.6. The Kier molecular flexibility index (Phi) is 13.3. The van der Waals surface area contributed by atoms with Crippen molar-refractivity contribution in [2.45, 2.75) is 111 Å². The van der Waals surface area contributed by atoms with Gasteiger partial charge in [0, 0.05) is 38.8 Å². The van der Waals surface area contributed by atoms with Crippen LogP contribution in [0, 0.1) is 11.8 Å². The molecule has 2 heterocycles. The summed E-state index contributed by atoms with van der Waals surface area (Å²) in [6.45, 7) is 18.5. The molecule has 0 unspecified atom stereocenters. The Morgan fingerprint density at radius 3 is 2.21 bits per heavy atom. The van der Waals surface area contributed by atoms with E-state index >= 15 is 0 Å². The summed E-state index contributed by atoms with van der Waals surface area (Å²) in [4.78, 5) is 58.8. The standard InChI is InChI=1S/C32H52N4O7/c1-22(19-33-20-23(2)37)26(18-28(39)42-31(3,4)5)34-29(40)25-10-9-15-36(21-25)27(38)12-11-24-13-16-35(17-14-24)30(41)43-32(6,7)8/h19-20,24-26,37H,1,9-18,21H2,2-8H3,(H,34,40)/b23-20+,33-19-/t25-,26+/m1/s1. The highest BCUT2D eigenvalue weighted by Crippen LogP contribution is 2.25. The minimum absolute atomic E-state index is 0.00926. The number of hydrogen-bond acceptors (Lipinski definition) is 8. The minimum Gasteiger partial charge on any atom is -0.511 e. The molecule has 3 amide bonds. The molecule has 2 saturated heterocycles. The molecule has 2 rings (SSSR count). The molecule has 0 bridgehead atoms. The van der Waals surface area contributed by atoms with Crippen molar-refractivity contribution in [3.05, 3.63) is 24.1 Å². The molecule has 2 N–H and O–H groups in total. The molecular formula is C32H52N4O7. The summed E-state index contributed by atoms with van der Waals surface area (Å²) >= 11 is 0. The first-order chi connectivity index (χ1) is 19.9. The summed E-state index contributed by atoms with van der Waals surface area (Å²) in [6, 6.07) is -0.754. The first kappa shape index (κ1) is 35.8. The van der Waals surface area contributed by atoms with Gasteiger partial charge in [-0.1, -0.05) is 6.58 Å². The first-order valence-electron chi connectivity index (χ1n) is 15.3. The van der Waals surface area contributed by atoms with Gasteiger partial charge < -0.3 is 29.7 Å². The van der Waals surface area contributed by atoms with Gasteiger partial charge in [-0.25, -0.2) is 4.79 Å². The zero-order valence-electron chi connectivity index (χ0n) is 27.1. The number of likely N-dealkylation sites (tertiary alicyclic amines) is 2. The monoisotopic (exact) mass is 604 g/mol. The van der Waals surface area contributed by atoms with Crippen molar-refractivity contribution in [2.75, 3.05) is 26.2 Å². The number of allylic oxidation sites excluding steroid dienone is 1. The van der Waals surface area contributed by atoms with Crippen molar-refractivity contribution < 1.29 is 33.8 Å². The molecule has 242 valence electrons. The summed E-state index contributed by atoms with van der Waals surface area (Å²) in [5, 5.41) is 12.3. The summed E-state index contributed by atoms with van der Waals surface area (Å²) in [7, 11) is 0. The van der Waals surface area contributed by atoms with Crippen LogP contribution < -0.4 is 5.32 Å². The second kappa shape index (κ2) is 15.9. The average Bonchev–Trinajstić information content (AvgIpc) is 2.89. The number of nitrogens with zero attached hydrogens (tertiary/aromatic N) is 3. The largest absolute Gasteiger partial charge is 0.511 e. The number of nitrogens with one attached hydrogen (secondary N) is 1. The lowest BCUT2D eigenvalue weighted by Crippen LogP contribution is -2.48. The maximum atomic E-state index is 13.3. The molecule has 2 aliphatic rings. The Morgan fingerprint density at radius 2 is 1.63 bits per heavy atom. The third-order valence-electron chi connectivity index (χ3n) is 7.23. The Balaban J connectivity index is 1.91. The molecule has 43 heavy (non-hydrogen) atoms. The molecule has 0 aromatic heterocycles. The van der Waals surface area contributed by atoms with Crippen molar-refractivity contribution in [3.8, 4) is 0 Å². The smallest absolute Gasteiger partial charge is 0.410 e. The quantitative estimate of drug-likeness (QED) is 0.205. The first-order valence-corrected chi connectivity index (χ1v) is 15.3. The van der Waals surface area contributed by atoms with E-state index in [4.69, 9.17) is 9.47 Å². The van der Waals surface area contributed by atoms with E-state index in [-0.39, 0.29) is 30.1 Å². The van der Waals surface area contributed by atoms with Crippen molar-refractivity contribution >= 4 is 30.1 Å². The lowest BCUT2D eigenvalue weighted by atomic mass is 9.91. The molecule has 0 aromatic rings. The maximum Gasteiger partial charge on any atom is 0.410 e. The Bertz CT molecular complexity index is 1060. The van der Waals surface area contributed by atoms with Gasteiger partial charge in [0.2, 0.25) is 11.8 Å². The highest BCUT2D eigenvalue weighted by Gasteiger charge is 2.32. The number of aliphatic hydroxyl groups excluding tert-OH is 1. The van der Waals surface area contributed by atoms with Crippen LogP contribution >= 0.6 is 0 Å². The van der Waals surface area contributed by atoms with Gasteiger partial charge in [-0.2, -0.15) is 0 Å². The number of esters is 1. The Hall–Kier alpha value is -3.37. The zero-order valence-corrected chi connectivity index (χ0v) is 27.1. The topological polar surface area (TPSA) is 138 Å². The average molecular weight is 605 g/mol. The Morgan fingerprint density at radius 1 is 1.00 bits per heavy atom. The summed E-state index contributed by atoms with van der Waals surface area (Å²) in [5.74, 6) is -0.768. The molecule has 2 fully saturated rings. The van der Waals surface area contributed by atoms with Gasteiger partial charge in [-0.3, -0.25) is 19.4 Å². The molecule has 0 saturated carbocycles. The fourth-order valence-electron chi connectivity index (χ4n) is 5.08. The molecule has 0 radical (unpaired) electrons. The van der Waals surface area contributed by atoms with Crippen LogP contribution in [0.3, 0.4) is 0 Å². The van der Waals surface area contributed by atoms with E-state index < -0.39 is 29.1 Å². The van der Waals surface area contributed by atoms with Gasteiger partial charge in [0.25, 0.3) is 0 Å². The summed E-state index contributed by atoms with van der Waals surface area (Å²) < 4.78 is 10.9. The van der Waals surface area contributed by atoms with Crippen molar-refractivity contribution in [1.29, 1.82) is 0 Å². The van der Waals surface area contributed by atoms with Gasteiger partial charge in [-0.15, -0.1) is 0 Å². The van der Waals surface area contributed by atoms with Crippen molar-refractivity contribution in [2.24, 2.45) is 16.8 Å². The molecule has 2 atom stereocenters. The SMILES string of the molecule is C=C(/C=N\C=C(/C)O)[C@H](CC(=O)OC(C)(C)C)NC(=O)[C@@H]1CCCN(C(=O)CCC2CCN(C(=O)OC(C)(C)C)CC2)C1. The number of carbonyl (C=O) groups excluding carboxylic acids is 4. The van der Waals surface area contributed by atoms with Crippen LogP contribution in [0.15, 0.2) is 29.1 Å². The highest BCUT2D eigenvalue weighted by atomic mass is 16.6. The predicted octanol–water partition coefficient (Wildman–Crippen LogP) is 4.92. The van der Waals surface area contributed by atoms with Gasteiger partial charge in [0.05, 0.1) is 24.6 Å². The number of ether oxygens (including phenoxy) is 2. The van der Waals surface area contributed by atoms with E-state index in [0.717, 1.165) is 19.3 Å². The lowest BCUT2D eigenvalue weighted by Gasteiger charge is -2.35. The van der Waals surface area contributed by atoms with Gasteiger partial charge >= 0.3 is 12.1 Å². The molecule has 2 aliphatic heterocycles. The lowest BCUT2D eigenvalue weighted by molar-refractivity contribution is -0.155. The highest BCUT2D eigenvalue weighted by molar-refractivity contribution is 5.87. The second-order valence-electron chi connectivity index (χ2n) is 13.6. The van der Waals surface area contributed by atoms with Crippen molar-refractivity contribution in [1.82, 2.24) is 15.1 Å². The molecule has 0 aliphatic carbocycles. The fourth-order valence-corrected chi connectivity index (χ4v) is 5.08. The number of amides is 3. The van der Waals surface area contributed by atoms with Crippen LogP contribution in [0.25, 0.3) is 0 Å². The maximum absolute atomic E-state index is 13.3. The number of aliphatic imine (C=N–C) groups is 1. The van der Waals surface area contributed by atoms with Crippen LogP contribution in [0.5, 0.6) is 0 Å². The van der Waals surface area contributed by atoms with E-state index in [2.05, 4.69) is 16.9 Å². The van der Waals surface area contributed by atoms with Gasteiger partial charge in [0.15, 0.2) is 0 Å². The molecule has 0 spiro atoms. The second-order valence-corrected chi connectivity index (χ2v) is 13.6. The normalized spacial score (nSPS) is 19.6. The minimum atomic E-state index is -0.754. The number of piperidine rings is 2. The number of aliphatic hydroxyl groups is 1. The Labute approximate surface area is 256 Å². The predicted molar refractivity (Wildman–Crippen MR) is 165 cm³/mol. The number of rotatable bonds is 10. The van der Waals surface area contributed by atoms with E-state index in [1.54, 1.807) is 30.6 Å². The van der Waals surface area contributed by atoms with Crippen LogP contribution in [0.4, 0.5) is 4.79 Å². The van der Waals surface area contributed by atoms with Crippen molar-refractivity contribution in [3.63, 3.8) is 0 Å². The molecule has 11 heteroatoms. The van der Waals surface area contributed by atoms with Gasteiger partial charge in [0.1, 0.15) is 17.0 Å². The third-order valence-corrected chi connectivity index (χ3v) is 7.23. The van der Waals surface area contributed by atoms with Crippen LogP contribution in [-0.4, -0.2) is 88.4 Å². The van der Waals surface area contributed by atoms with Gasteiger partial charge in [-0.05, 0) is 92.1 Å². The zero-order chi connectivity index (χ0) is 32.4. The number of hydrogen-bond donors (Lipinski definition) is 2.